The van der Waals surface area contributed by atoms with Crippen LogP contribution in [0.1, 0.15) is 0 Å². The molecule has 1 aromatic heterocycles. The van der Waals surface area contributed by atoms with Crippen LogP contribution in [0.3, 0.4) is 0 Å². The first-order chi connectivity index (χ1) is 9.36. The first kappa shape index (κ1) is 14.4. The van der Waals surface area contributed by atoms with E-state index < -0.39 is 11.6 Å². The molecule has 0 saturated carbocycles. The fraction of sp³-hybridized carbons (Fsp3) is 0.182. The van der Waals surface area contributed by atoms with Crippen LogP contribution in [-0.2, 0) is 0 Å². The molecule has 6 nitrogen and oxygen atoms in total. The molecule has 0 bridgehead atoms. The maximum absolute atomic E-state index is 13.6. The number of nitrogens with zero attached hydrogens (tertiary/aromatic N) is 4. The van der Waals surface area contributed by atoms with Crippen LogP contribution in [0.15, 0.2) is 16.6 Å². The van der Waals surface area contributed by atoms with Crippen LogP contribution in [0.5, 0.6) is 11.8 Å². The Hall–Kier alpha value is -2.03. The van der Waals surface area contributed by atoms with Gasteiger partial charge >= 0.3 is 6.01 Å². The molecule has 0 aliphatic heterocycles. The molecule has 2 aromatic rings. The number of hydrogen-bond donors (Lipinski definition) is 1. The van der Waals surface area contributed by atoms with Crippen LogP contribution in [0.4, 0.5) is 20.7 Å². The zero-order valence-corrected chi connectivity index (χ0v) is 12.1. The van der Waals surface area contributed by atoms with Crippen LogP contribution in [0.25, 0.3) is 0 Å². The number of nitrogen functional groups attached to an aromatic ring is 1. The topological polar surface area (TPSA) is 77.2 Å². The van der Waals surface area contributed by atoms with Crippen molar-refractivity contribution in [1.29, 1.82) is 0 Å². The highest BCUT2D eigenvalue weighted by atomic mass is 79.9. The second-order valence-corrected chi connectivity index (χ2v) is 4.89. The lowest BCUT2D eigenvalue weighted by molar-refractivity contribution is 0.392. The van der Waals surface area contributed by atoms with Gasteiger partial charge in [-0.15, -0.1) is 0 Å². The SMILES string of the molecule is CN(C)c1nc(N)nc(Oc2cc(Br)cc(F)c2F)n1. The number of anilines is 2. The summed E-state index contributed by atoms with van der Waals surface area (Å²) in [5, 5.41) is 0. The maximum atomic E-state index is 13.6. The Kier molecular flexibility index (Phi) is 3.98. The minimum absolute atomic E-state index is 0.0884. The van der Waals surface area contributed by atoms with E-state index in [1.165, 1.54) is 6.07 Å². The van der Waals surface area contributed by atoms with E-state index in [1.54, 1.807) is 19.0 Å². The standard InChI is InChI=1S/C11H10BrF2N5O/c1-19(2)10-16-9(15)17-11(18-10)20-7-4-5(12)3-6(13)8(7)14/h3-4H,1-2H3,(H2,15,16,17,18). The zero-order chi connectivity index (χ0) is 14.9. The highest BCUT2D eigenvalue weighted by Crippen LogP contribution is 2.28. The van der Waals surface area contributed by atoms with E-state index >= 15 is 0 Å². The summed E-state index contributed by atoms with van der Waals surface area (Å²) in [6.45, 7) is 0. The summed E-state index contributed by atoms with van der Waals surface area (Å²) in [7, 11) is 3.38. The minimum atomic E-state index is -1.14. The second-order valence-electron chi connectivity index (χ2n) is 3.97. The van der Waals surface area contributed by atoms with Crippen LogP contribution in [0, 0.1) is 11.6 Å². The molecule has 0 fully saturated rings. The van der Waals surface area contributed by atoms with Gasteiger partial charge in [-0.3, -0.25) is 0 Å². The van der Waals surface area contributed by atoms with E-state index in [-0.39, 0.29) is 23.7 Å². The lowest BCUT2D eigenvalue weighted by Gasteiger charge is -2.12. The summed E-state index contributed by atoms with van der Waals surface area (Å²) in [5.74, 6) is -2.40. The number of rotatable bonds is 3. The Morgan fingerprint density at radius 1 is 1.20 bits per heavy atom. The largest absolute Gasteiger partial charge is 0.421 e. The quantitative estimate of drug-likeness (QED) is 0.860. The summed E-state index contributed by atoms with van der Waals surface area (Å²) in [6.07, 6.45) is 0. The molecule has 9 heteroatoms. The molecule has 0 radical (unpaired) electrons. The van der Waals surface area contributed by atoms with Gasteiger partial charge in [-0.25, -0.2) is 4.39 Å². The lowest BCUT2D eigenvalue weighted by atomic mass is 10.3. The third kappa shape index (κ3) is 3.10. The molecule has 20 heavy (non-hydrogen) atoms. The third-order valence-corrected chi connectivity index (χ3v) is 2.64. The Morgan fingerprint density at radius 2 is 1.90 bits per heavy atom. The summed E-state index contributed by atoms with van der Waals surface area (Å²) < 4.78 is 32.3. The monoisotopic (exact) mass is 345 g/mol. The summed E-state index contributed by atoms with van der Waals surface area (Å²) in [5.41, 5.74) is 5.50. The summed E-state index contributed by atoms with van der Waals surface area (Å²) in [4.78, 5) is 13.1. The van der Waals surface area contributed by atoms with Crippen molar-refractivity contribution >= 4 is 27.8 Å². The fourth-order valence-corrected chi connectivity index (χ4v) is 1.72. The predicted octanol–water partition coefficient (Wildman–Crippen LogP) is 2.35. The molecule has 1 heterocycles. The van der Waals surface area contributed by atoms with Crippen LogP contribution >= 0.6 is 15.9 Å². The predicted molar refractivity (Wildman–Crippen MR) is 72.7 cm³/mol. The highest BCUT2D eigenvalue weighted by Gasteiger charge is 2.15. The van der Waals surface area contributed by atoms with Crippen molar-refractivity contribution in [3.8, 4) is 11.8 Å². The average Bonchev–Trinajstić information content (AvgIpc) is 2.34. The van der Waals surface area contributed by atoms with Gasteiger partial charge in [-0.1, -0.05) is 15.9 Å². The molecule has 0 atom stereocenters. The van der Waals surface area contributed by atoms with Crippen molar-refractivity contribution < 1.29 is 13.5 Å². The summed E-state index contributed by atoms with van der Waals surface area (Å²) >= 11 is 3.04. The summed E-state index contributed by atoms with van der Waals surface area (Å²) in [6, 6.07) is 2.01. The minimum Gasteiger partial charge on any atom is -0.421 e. The highest BCUT2D eigenvalue weighted by molar-refractivity contribution is 9.10. The first-order valence-electron chi connectivity index (χ1n) is 5.38. The second kappa shape index (κ2) is 5.53. The van der Waals surface area contributed by atoms with Crippen molar-refractivity contribution in [3.05, 3.63) is 28.2 Å². The molecular formula is C11H10BrF2N5O. The van der Waals surface area contributed by atoms with Gasteiger partial charge in [0.1, 0.15) is 0 Å². The van der Waals surface area contributed by atoms with E-state index in [2.05, 4.69) is 30.9 Å². The Bertz CT molecular complexity index is 653. The van der Waals surface area contributed by atoms with Gasteiger partial charge in [-0.05, 0) is 12.1 Å². The molecule has 2 N–H and O–H groups in total. The smallest absolute Gasteiger partial charge is 0.328 e. The zero-order valence-electron chi connectivity index (χ0n) is 10.6. The Labute approximate surface area is 121 Å². The van der Waals surface area contributed by atoms with Crippen molar-refractivity contribution in [2.75, 3.05) is 24.7 Å². The maximum Gasteiger partial charge on any atom is 0.328 e. The third-order valence-electron chi connectivity index (χ3n) is 2.18. The Balaban J connectivity index is 2.40. The molecule has 0 aliphatic carbocycles. The van der Waals surface area contributed by atoms with Crippen molar-refractivity contribution in [1.82, 2.24) is 15.0 Å². The van der Waals surface area contributed by atoms with E-state index in [0.717, 1.165) is 6.07 Å². The molecule has 0 spiro atoms. The molecule has 2 rings (SSSR count). The van der Waals surface area contributed by atoms with Gasteiger partial charge in [0.15, 0.2) is 11.6 Å². The molecule has 0 aliphatic rings. The van der Waals surface area contributed by atoms with E-state index in [0.29, 0.717) is 4.47 Å². The number of halogens is 3. The van der Waals surface area contributed by atoms with E-state index in [1.807, 2.05) is 0 Å². The molecule has 0 saturated heterocycles. The molecular weight excluding hydrogens is 336 g/mol. The van der Waals surface area contributed by atoms with Crippen molar-refractivity contribution in [2.24, 2.45) is 0 Å². The van der Waals surface area contributed by atoms with Crippen molar-refractivity contribution in [3.63, 3.8) is 0 Å². The van der Waals surface area contributed by atoms with E-state index in [9.17, 15) is 8.78 Å². The number of benzene rings is 1. The first-order valence-corrected chi connectivity index (χ1v) is 6.17. The van der Waals surface area contributed by atoms with Gasteiger partial charge in [0.2, 0.25) is 17.7 Å². The fourth-order valence-electron chi connectivity index (χ4n) is 1.31. The Morgan fingerprint density at radius 3 is 2.55 bits per heavy atom. The molecule has 0 unspecified atom stereocenters. The van der Waals surface area contributed by atoms with Crippen molar-refractivity contribution in [2.45, 2.75) is 0 Å². The van der Waals surface area contributed by atoms with Crippen LogP contribution < -0.4 is 15.4 Å². The van der Waals surface area contributed by atoms with Gasteiger partial charge in [0.05, 0.1) is 0 Å². The molecule has 0 amide bonds. The van der Waals surface area contributed by atoms with Gasteiger partial charge in [-0.2, -0.15) is 19.3 Å². The van der Waals surface area contributed by atoms with E-state index in [4.69, 9.17) is 10.5 Å². The van der Waals surface area contributed by atoms with Gasteiger partial charge in [0.25, 0.3) is 0 Å². The lowest BCUT2D eigenvalue weighted by Crippen LogP contribution is -2.15. The number of aromatic nitrogens is 3. The van der Waals surface area contributed by atoms with Gasteiger partial charge in [0, 0.05) is 18.6 Å². The number of hydrogen-bond acceptors (Lipinski definition) is 6. The molecule has 1 aromatic carbocycles. The number of nitrogens with two attached hydrogens (primary N) is 1. The van der Waals surface area contributed by atoms with Crippen LogP contribution in [-0.4, -0.2) is 29.0 Å². The van der Waals surface area contributed by atoms with Crippen LogP contribution in [0.2, 0.25) is 0 Å². The van der Waals surface area contributed by atoms with Gasteiger partial charge < -0.3 is 15.4 Å². The normalized spacial score (nSPS) is 10.4. The molecule has 106 valence electrons. The average molecular weight is 346 g/mol. The number of ether oxygens (including phenoxy) is 1.